The van der Waals surface area contributed by atoms with Gasteiger partial charge in [0, 0.05) is 42.8 Å². The van der Waals surface area contributed by atoms with E-state index in [1.54, 1.807) is 48.8 Å². The van der Waals surface area contributed by atoms with Gasteiger partial charge in [-0.05, 0) is 53.7 Å². The molecule has 1 saturated heterocycles. The van der Waals surface area contributed by atoms with E-state index in [0.717, 1.165) is 16.7 Å². The molecule has 190 valence electrons. The zero-order valence-corrected chi connectivity index (χ0v) is 22.2. The van der Waals surface area contributed by atoms with Crippen LogP contribution in [0.4, 0.5) is 10.5 Å². The first kappa shape index (κ1) is 26.3. The number of hydrogen-bond donors (Lipinski definition) is 1. The quantitative estimate of drug-likeness (QED) is 0.281. The van der Waals surface area contributed by atoms with Crippen molar-refractivity contribution in [1.82, 2.24) is 14.9 Å². The predicted octanol–water partition coefficient (Wildman–Crippen LogP) is 4.72. The second-order valence-electron chi connectivity index (χ2n) is 7.68. The number of nitrogens with one attached hydrogen (secondary N) is 1. The Bertz CT molecular complexity index is 1370. The van der Waals surface area contributed by atoms with E-state index in [4.69, 9.17) is 14.2 Å². The largest absolute Gasteiger partial charge is 0.485 e. The fourth-order valence-electron chi connectivity index (χ4n) is 3.19. The highest BCUT2D eigenvalue weighted by Gasteiger charge is 2.32. The third-order valence-corrected chi connectivity index (χ3v) is 6.69. The van der Waals surface area contributed by atoms with Crippen LogP contribution in [-0.4, -0.2) is 52.9 Å². The van der Waals surface area contributed by atoms with E-state index in [1.165, 1.54) is 26.6 Å². The number of likely N-dealkylation sites (N-methyl/N-ethyl adjacent to an activating group) is 1. The Labute approximate surface area is 225 Å². The molecule has 0 bridgehead atoms. The maximum absolute atomic E-state index is 12.4. The van der Waals surface area contributed by atoms with Crippen molar-refractivity contribution < 1.29 is 28.6 Å². The molecule has 1 fully saturated rings. The topological polar surface area (TPSA) is 120 Å². The first-order valence-electron chi connectivity index (χ1n) is 10.8. The summed E-state index contributed by atoms with van der Waals surface area (Å²) in [4.78, 5) is 46.1. The van der Waals surface area contributed by atoms with Gasteiger partial charge in [0.25, 0.3) is 17.1 Å². The Hall–Kier alpha value is -3.74. The van der Waals surface area contributed by atoms with Crippen LogP contribution in [0, 0.1) is 0 Å². The summed E-state index contributed by atoms with van der Waals surface area (Å²) in [7, 11) is 2.94. The van der Waals surface area contributed by atoms with E-state index >= 15 is 0 Å². The number of ether oxygens (including phenoxy) is 3. The normalized spacial score (nSPS) is 14.2. The summed E-state index contributed by atoms with van der Waals surface area (Å²) >= 11 is 4.35. The van der Waals surface area contributed by atoms with Gasteiger partial charge in [-0.25, -0.2) is 0 Å². The number of amides is 3. The average Bonchev–Trinajstić information content (AvgIpc) is 3.14. The number of carbonyl (C=O) groups is 3. The molecule has 37 heavy (non-hydrogen) atoms. The van der Waals surface area contributed by atoms with Crippen molar-refractivity contribution in [1.29, 1.82) is 0 Å². The number of hydrogen-bond acceptors (Lipinski definition) is 9. The lowest BCUT2D eigenvalue weighted by Crippen LogP contribution is -2.22. The van der Waals surface area contributed by atoms with Gasteiger partial charge in [-0.2, -0.15) is 0 Å². The van der Waals surface area contributed by atoms with E-state index < -0.39 is 0 Å². The molecule has 0 radical (unpaired) electrons. The van der Waals surface area contributed by atoms with Crippen molar-refractivity contribution >= 4 is 56.5 Å². The lowest BCUT2D eigenvalue weighted by Gasteiger charge is -2.15. The molecule has 1 N–H and O–H groups in total. The highest BCUT2D eigenvalue weighted by molar-refractivity contribution is 9.10. The van der Waals surface area contributed by atoms with Crippen LogP contribution in [0.25, 0.3) is 6.08 Å². The molecular formula is C25H21BrN4O6S. The molecule has 0 saturated carbocycles. The van der Waals surface area contributed by atoms with Crippen molar-refractivity contribution in [2.75, 3.05) is 26.3 Å². The minimum Gasteiger partial charge on any atom is -0.485 e. The fraction of sp³-hybridized carbons (Fsp3) is 0.160. The van der Waals surface area contributed by atoms with Crippen LogP contribution in [0.15, 0.2) is 64.5 Å². The minimum absolute atomic E-state index is 0.00567. The number of aromatic nitrogens is 2. The standard InChI is InChI=1S/C25H21BrN4O6S/c1-30-24(32)22(37-25(30)33)8-17-7-20(21(9-19(17)26)36-14-34-2)35-13-15-6-18(12-28-10-15)29-23(31)16-4-3-5-27-11-16/h3-12H,13-14H2,1-2H3,(H,29,31)/b22-8-. The minimum atomic E-state index is -0.375. The van der Waals surface area contributed by atoms with E-state index in [2.05, 4.69) is 31.2 Å². The SMILES string of the molecule is COCOc1cc(Br)c(/C=C2\SC(=O)N(C)C2=O)cc1OCc1cncc(NC(=O)c2cccnc2)c1. The van der Waals surface area contributed by atoms with Crippen molar-refractivity contribution in [2.45, 2.75) is 6.61 Å². The van der Waals surface area contributed by atoms with E-state index in [1.807, 2.05) is 0 Å². The van der Waals surface area contributed by atoms with Gasteiger partial charge in [0.1, 0.15) is 6.61 Å². The molecule has 12 heteroatoms. The molecule has 0 atom stereocenters. The number of rotatable bonds is 9. The van der Waals surface area contributed by atoms with Gasteiger partial charge in [0.05, 0.1) is 22.4 Å². The molecule has 0 unspecified atom stereocenters. The summed E-state index contributed by atoms with van der Waals surface area (Å²) in [5, 5.41) is 2.45. The van der Waals surface area contributed by atoms with E-state index in [-0.39, 0.29) is 30.5 Å². The van der Waals surface area contributed by atoms with Crippen molar-refractivity contribution in [3.05, 3.63) is 81.2 Å². The van der Waals surface area contributed by atoms with Gasteiger partial charge in [0.15, 0.2) is 18.3 Å². The third-order valence-electron chi connectivity index (χ3n) is 5.04. The Morgan fingerprint density at radius 1 is 1.14 bits per heavy atom. The summed E-state index contributed by atoms with van der Waals surface area (Å²) in [5.41, 5.74) is 2.23. The monoisotopic (exact) mass is 584 g/mol. The molecule has 2 aromatic heterocycles. The van der Waals surface area contributed by atoms with Crippen LogP contribution >= 0.6 is 27.7 Å². The van der Waals surface area contributed by atoms with Gasteiger partial charge in [-0.15, -0.1) is 0 Å². The second-order valence-corrected chi connectivity index (χ2v) is 9.53. The summed E-state index contributed by atoms with van der Waals surface area (Å²) in [6, 6.07) is 8.48. The number of carbonyl (C=O) groups excluding carboxylic acids is 3. The zero-order valence-electron chi connectivity index (χ0n) is 19.8. The van der Waals surface area contributed by atoms with E-state index in [0.29, 0.717) is 43.3 Å². The molecule has 3 amide bonds. The predicted molar refractivity (Wildman–Crippen MR) is 141 cm³/mol. The highest BCUT2D eigenvalue weighted by atomic mass is 79.9. The molecule has 1 aromatic carbocycles. The molecule has 3 aromatic rings. The van der Waals surface area contributed by atoms with Crippen molar-refractivity contribution in [2.24, 2.45) is 0 Å². The fourth-order valence-corrected chi connectivity index (χ4v) is 4.45. The Morgan fingerprint density at radius 2 is 1.95 bits per heavy atom. The molecule has 1 aliphatic rings. The molecule has 0 spiro atoms. The smallest absolute Gasteiger partial charge is 0.293 e. The van der Waals surface area contributed by atoms with Crippen LogP contribution in [0.2, 0.25) is 0 Å². The Kier molecular flexibility index (Phi) is 8.54. The highest BCUT2D eigenvalue weighted by Crippen LogP contribution is 2.38. The van der Waals surface area contributed by atoms with Crippen LogP contribution in [0.3, 0.4) is 0 Å². The van der Waals surface area contributed by atoms with Gasteiger partial charge in [0.2, 0.25) is 0 Å². The average molecular weight is 585 g/mol. The lowest BCUT2D eigenvalue weighted by atomic mass is 10.1. The molecule has 4 rings (SSSR count). The first-order valence-corrected chi connectivity index (χ1v) is 12.4. The summed E-state index contributed by atoms with van der Waals surface area (Å²) in [5.74, 6) is 0.105. The van der Waals surface area contributed by atoms with Gasteiger partial charge < -0.3 is 19.5 Å². The molecule has 10 nitrogen and oxygen atoms in total. The van der Waals surface area contributed by atoms with Gasteiger partial charge in [-0.1, -0.05) is 15.9 Å². The van der Waals surface area contributed by atoms with E-state index in [9.17, 15) is 14.4 Å². The molecular weight excluding hydrogens is 564 g/mol. The number of thioether (sulfide) groups is 1. The van der Waals surface area contributed by atoms with Crippen LogP contribution < -0.4 is 14.8 Å². The number of halogens is 1. The number of methoxy groups -OCH3 is 1. The van der Waals surface area contributed by atoms with Crippen LogP contribution in [-0.2, 0) is 16.1 Å². The zero-order chi connectivity index (χ0) is 26.4. The molecule has 1 aliphatic heterocycles. The first-order chi connectivity index (χ1) is 17.9. The summed E-state index contributed by atoms with van der Waals surface area (Å²) in [6.45, 7) is 0.105. The third kappa shape index (κ3) is 6.53. The molecule has 0 aliphatic carbocycles. The summed E-state index contributed by atoms with van der Waals surface area (Å²) in [6.07, 6.45) is 7.83. The number of anilines is 1. The lowest BCUT2D eigenvalue weighted by molar-refractivity contribution is -0.121. The van der Waals surface area contributed by atoms with Crippen molar-refractivity contribution in [3.8, 4) is 11.5 Å². The Morgan fingerprint density at radius 3 is 2.65 bits per heavy atom. The number of pyridine rings is 2. The maximum Gasteiger partial charge on any atom is 0.293 e. The summed E-state index contributed by atoms with van der Waals surface area (Å²) < 4.78 is 17.3. The van der Waals surface area contributed by atoms with Crippen molar-refractivity contribution in [3.63, 3.8) is 0 Å². The number of nitrogens with zero attached hydrogens (tertiary/aromatic N) is 3. The second kappa shape index (κ2) is 12.0. The van der Waals surface area contributed by atoms with Gasteiger partial charge in [-0.3, -0.25) is 29.3 Å². The van der Waals surface area contributed by atoms with Crippen LogP contribution in [0.5, 0.6) is 11.5 Å². The molecule has 3 heterocycles. The van der Waals surface area contributed by atoms with Crippen LogP contribution in [0.1, 0.15) is 21.5 Å². The van der Waals surface area contributed by atoms with Gasteiger partial charge >= 0.3 is 0 Å². The number of benzene rings is 1. The maximum atomic E-state index is 12.4. The Balaban J connectivity index is 1.54. The number of imide groups is 1.